The van der Waals surface area contributed by atoms with Gasteiger partial charge in [-0.05, 0) is 59.5 Å². The molecule has 0 aromatic heterocycles. The van der Waals surface area contributed by atoms with Gasteiger partial charge in [-0.2, -0.15) is 0 Å². The molecule has 0 bridgehead atoms. The molecule has 4 aromatic rings. The monoisotopic (exact) mass is 513 g/mol. The number of amides is 2. The van der Waals surface area contributed by atoms with Crippen molar-refractivity contribution in [2.45, 2.75) is 25.5 Å². The molecule has 0 aliphatic rings. The Hall–Kier alpha value is -4.29. The maximum Gasteiger partial charge on any atom is 0.408 e. The molecule has 4 N–H and O–H groups in total. The number of halogens is 1. The van der Waals surface area contributed by atoms with Gasteiger partial charge in [0, 0.05) is 10.6 Å². The molecule has 2 amide bonds. The van der Waals surface area contributed by atoms with Crippen molar-refractivity contribution in [2.24, 2.45) is 0 Å². The largest absolute Gasteiger partial charge is 0.436 e. The van der Waals surface area contributed by atoms with E-state index < -0.39 is 12.2 Å². The second-order valence-electron chi connectivity index (χ2n) is 8.52. The van der Waals surface area contributed by atoms with Crippen molar-refractivity contribution in [2.75, 3.05) is 11.1 Å². The Morgan fingerprint density at radius 3 is 2.19 bits per heavy atom. The van der Waals surface area contributed by atoms with Crippen LogP contribution in [0.15, 0.2) is 103 Å². The Morgan fingerprint density at radius 1 is 0.838 bits per heavy atom. The summed E-state index contributed by atoms with van der Waals surface area (Å²) >= 11 is 6.20. The van der Waals surface area contributed by atoms with Crippen LogP contribution in [0.5, 0.6) is 0 Å². The number of nitrogen functional groups attached to an aromatic ring is 1. The van der Waals surface area contributed by atoms with Crippen LogP contribution in [0.3, 0.4) is 0 Å². The molecule has 7 heteroatoms. The van der Waals surface area contributed by atoms with Crippen molar-refractivity contribution in [3.63, 3.8) is 0 Å². The number of nitrogens with two attached hydrogens (primary N) is 1. The minimum Gasteiger partial charge on any atom is -0.436 e. The highest BCUT2D eigenvalue weighted by atomic mass is 35.5. The first-order chi connectivity index (χ1) is 17.9. The molecule has 188 valence electrons. The maximum absolute atomic E-state index is 13.0. The molecule has 0 heterocycles. The number of benzene rings is 4. The summed E-state index contributed by atoms with van der Waals surface area (Å²) in [5.74, 6) is -0.267. The predicted octanol–water partition coefficient (Wildman–Crippen LogP) is 7.14. The average molecular weight is 514 g/mol. The molecule has 0 aliphatic heterocycles. The minimum absolute atomic E-state index is 0.267. The summed E-state index contributed by atoms with van der Waals surface area (Å²) < 4.78 is 5.89. The Balaban J connectivity index is 1.45. The van der Waals surface area contributed by atoms with Gasteiger partial charge in [-0.25, -0.2) is 4.79 Å². The van der Waals surface area contributed by atoms with Crippen LogP contribution >= 0.6 is 11.6 Å². The first-order valence-electron chi connectivity index (χ1n) is 12.0. The molecular weight excluding hydrogens is 486 g/mol. The van der Waals surface area contributed by atoms with E-state index in [1.165, 1.54) is 0 Å². The third-order valence-electron chi connectivity index (χ3n) is 5.96. The lowest BCUT2D eigenvalue weighted by Gasteiger charge is -2.22. The molecule has 4 rings (SSSR count). The molecule has 37 heavy (non-hydrogen) atoms. The summed E-state index contributed by atoms with van der Waals surface area (Å²) in [6.45, 7) is 1.97. The zero-order valence-corrected chi connectivity index (χ0v) is 21.1. The molecule has 0 saturated heterocycles. The zero-order chi connectivity index (χ0) is 26.2. The molecule has 0 fully saturated rings. The van der Waals surface area contributed by atoms with E-state index >= 15 is 0 Å². The average Bonchev–Trinajstić information content (AvgIpc) is 2.92. The van der Waals surface area contributed by atoms with E-state index in [1.807, 2.05) is 61.5 Å². The molecule has 0 radical (unpaired) electrons. The Morgan fingerprint density at radius 2 is 1.51 bits per heavy atom. The lowest BCUT2D eigenvalue weighted by atomic mass is 10.0. The third-order valence-corrected chi connectivity index (χ3v) is 6.20. The number of ether oxygens (including phenoxy) is 1. The van der Waals surface area contributed by atoms with Gasteiger partial charge in [0.25, 0.3) is 5.91 Å². The minimum atomic E-state index is -0.617. The van der Waals surface area contributed by atoms with Gasteiger partial charge >= 0.3 is 6.09 Å². The van der Waals surface area contributed by atoms with E-state index in [9.17, 15) is 9.59 Å². The number of anilines is 2. The van der Waals surface area contributed by atoms with Gasteiger partial charge < -0.3 is 21.1 Å². The van der Waals surface area contributed by atoms with Crippen LogP contribution in [0.1, 0.15) is 52.5 Å². The van der Waals surface area contributed by atoms with Crippen LogP contribution in [0.25, 0.3) is 0 Å². The summed E-state index contributed by atoms with van der Waals surface area (Å²) in [5.41, 5.74) is 9.91. The topological polar surface area (TPSA) is 93.4 Å². The van der Waals surface area contributed by atoms with Crippen molar-refractivity contribution in [3.05, 3.63) is 130 Å². The Kier molecular flexibility index (Phi) is 8.44. The fraction of sp³-hybridized carbons (Fsp3) is 0.133. The summed E-state index contributed by atoms with van der Waals surface area (Å²) in [5, 5.41) is 6.33. The third kappa shape index (κ3) is 6.68. The van der Waals surface area contributed by atoms with E-state index in [0.717, 1.165) is 16.7 Å². The fourth-order valence-electron chi connectivity index (χ4n) is 4.00. The number of carbonyl (C=O) groups is 2. The summed E-state index contributed by atoms with van der Waals surface area (Å²) in [7, 11) is 0. The predicted molar refractivity (Wildman–Crippen MR) is 148 cm³/mol. The molecule has 0 aliphatic carbocycles. The molecule has 0 spiro atoms. The first kappa shape index (κ1) is 25.8. The number of alkyl carbamates (subject to hydrolysis) is 1. The van der Waals surface area contributed by atoms with Crippen molar-refractivity contribution in [3.8, 4) is 0 Å². The van der Waals surface area contributed by atoms with Crippen molar-refractivity contribution >= 4 is 35.0 Å². The second-order valence-corrected chi connectivity index (χ2v) is 8.96. The number of rotatable bonds is 8. The van der Waals surface area contributed by atoms with E-state index in [2.05, 4.69) is 10.6 Å². The maximum atomic E-state index is 13.0. The van der Waals surface area contributed by atoms with E-state index in [-0.39, 0.29) is 11.9 Å². The standard InChI is InChI=1S/C30H28ClN3O3/c1-2-26(20-15-17-22(18-16-20)29(35)33-27-14-7-6-13-25(27)32)34-30(36)37-28(21-9-4-3-5-10-21)23-11-8-12-24(31)19-23/h3-19,26,28H,2,32H2,1H3,(H,33,35)(H,34,36)/t26-,28-/m0/s1. The fourth-order valence-corrected chi connectivity index (χ4v) is 4.20. The summed E-state index contributed by atoms with van der Waals surface area (Å²) in [6.07, 6.45) is -0.537. The van der Waals surface area contributed by atoms with Gasteiger partial charge in [-0.15, -0.1) is 0 Å². The zero-order valence-electron chi connectivity index (χ0n) is 20.4. The van der Waals surface area contributed by atoms with E-state index in [1.54, 1.807) is 48.5 Å². The van der Waals surface area contributed by atoms with Gasteiger partial charge in [0.1, 0.15) is 0 Å². The molecule has 2 atom stereocenters. The lowest BCUT2D eigenvalue weighted by Crippen LogP contribution is -2.30. The smallest absolute Gasteiger partial charge is 0.408 e. The van der Waals surface area contributed by atoms with E-state index in [0.29, 0.717) is 28.4 Å². The van der Waals surface area contributed by atoms with Crippen LogP contribution < -0.4 is 16.4 Å². The van der Waals surface area contributed by atoms with Crippen molar-refractivity contribution < 1.29 is 14.3 Å². The quantitative estimate of drug-likeness (QED) is 0.218. The lowest BCUT2D eigenvalue weighted by molar-refractivity contribution is 0.102. The van der Waals surface area contributed by atoms with E-state index in [4.69, 9.17) is 22.1 Å². The summed E-state index contributed by atoms with van der Waals surface area (Å²) in [4.78, 5) is 25.6. The molecule has 0 unspecified atom stereocenters. The number of hydrogen-bond donors (Lipinski definition) is 3. The van der Waals surface area contributed by atoms with Crippen molar-refractivity contribution in [1.82, 2.24) is 5.32 Å². The Labute approximate surface area is 221 Å². The first-order valence-corrected chi connectivity index (χ1v) is 12.4. The number of hydrogen-bond acceptors (Lipinski definition) is 4. The second kappa shape index (κ2) is 12.1. The van der Waals surface area contributed by atoms with Crippen molar-refractivity contribution in [1.29, 1.82) is 0 Å². The van der Waals surface area contributed by atoms with Gasteiger partial charge in [0.15, 0.2) is 6.10 Å². The highest BCUT2D eigenvalue weighted by Gasteiger charge is 2.22. The summed E-state index contributed by atoms with van der Waals surface area (Å²) in [6, 6.07) is 30.6. The highest BCUT2D eigenvalue weighted by molar-refractivity contribution is 6.30. The van der Waals surface area contributed by atoms with Crippen LogP contribution in [0, 0.1) is 0 Å². The molecule has 0 saturated carbocycles. The van der Waals surface area contributed by atoms with Gasteiger partial charge in [0.2, 0.25) is 0 Å². The molecular formula is C30H28ClN3O3. The van der Waals surface area contributed by atoms with Crippen LogP contribution in [-0.2, 0) is 4.74 Å². The Bertz CT molecular complexity index is 1360. The SMILES string of the molecule is CC[C@H](NC(=O)O[C@@H](c1ccccc1)c1cccc(Cl)c1)c1ccc(C(=O)Nc2ccccc2N)cc1. The van der Waals surface area contributed by atoms with Gasteiger partial charge in [0.05, 0.1) is 17.4 Å². The number of nitrogens with one attached hydrogen (secondary N) is 2. The molecule has 4 aromatic carbocycles. The normalized spacial score (nSPS) is 12.3. The number of para-hydroxylation sites is 2. The number of carbonyl (C=O) groups excluding carboxylic acids is 2. The molecule has 6 nitrogen and oxygen atoms in total. The van der Waals surface area contributed by atoms with Crippen LogP contribution in [0.2, 0.25) is 5.02 Å². The van der Waals surface area contributed by atoms with Crippen LogP contribution in [0.4, 0.5) is 16.2 Å². The van der Waals surface area contributed by atoms with Crippen LogP contribution in [-0.4, -0.2) is 12.0 Å². The van der Waals surface area contributed by atoms with Gasteiger partial charge in [-0.1, -0.05) is 85.3 Å². The van der Waals surface area contributed by atoms with Gasteiger partial charge in [-0.3, -0.25) is 4.79 Å². The highest BCUT2D eigenvalue weighted by Crippen LogP contribution is 2.29.